The van der Waals surface area contributed by atoms with Crippen molar-refractivity contribution in [3.8, 4) is 0 Å². The van der Waals surface area contributed by atoms with Crippen molar-refractivity contribution in [1.29, 1.82) is 0 Å². The van der Waals surface area contributed by atoms with Crippen LogP contribution in [0.3, 0.4) is 0 Å². The Labute approximate surface area is 175 Å². The van der Waals surface area contributed by atoms with Crippen molar-refractivity contribution in [3.63, 3.8) is 0 Å². The van der Waals surface area contributed by atoms with Crippen LogP contribution in [0.5, 0.6) is 0 Å². The Morgan fingerprint density at radius 2 is 1.83 bits per heavy atom. The predicted octanol–water partition coefficient (Wildman–Crippen LogP) is 3.85. The average Bonchev–Trinajstić information content (AvgIpc) is 3.16. The number of piperazine rings is 1. The molecule has 0 bridgehead atoms. The van der Waals surface area contributed by atoms with Gasteiger partial charge in [0.05, 0.1) is 0 Å². The molecule has 1 unspecified atom stereocenters. The monoisotopic (exact) mass is 396 g/mol. The number of amides is 1. The van der Waals surface area contributed by atoms with E-state index < -0.39 is 0 Å². The van der Waals surface area contributed by atoms with E-state index in [-0.39, 0.29) is 11.4 Å². The van der Waals surface area contributed by atoms with Crippen LogP contribution in [-0.2, 0) is 0 Å². The summed E-state index contributed by atoms with van der Waals surface area (Å²) in [6, 6.07) is 8.98. The summed E-state index contributed by atoms with van der Waals surface area (Å²) < 4.78 is 2.42. The number of likely N-dealkylation sites (N-methyl/N-ethyl adjacent to an activating group) is 1. The maximum absolute atomic E-state index is 13.1. The number of carbonyl (C=O) groups excluding carboxylic acids is 1. The highest BCUT2D eigenvalue weighted by Crippen LogP contribution is 2.28. The van der Waals surface area contributed by atoms with Gasteiger partial charge >= 0.3 is 0 Å². The lowest BCUT2D eigenvalue weighted by molar-refractivity contribution is 0.0451. The number of likely N-dealkylation sites (tertiary alicyclic amines) is 1. The number of aromatic nitrogens is 1. The van der Waals surface area contributed by atoms with Crippen LogP contribution >= 0.6 is 0 Å². The molecule has 0 saturated carbocycles. The standard InChI is InChI=1S/C24H36N4O/c1-5-25-11-6-7-21(18-25)28-12-10-19-17-20(8-9-22(19)28)23(29)26-13-15-27(16-14-26)24(2,3)4/h8-10,12,17,21H,5-7,11,13-16,18H2,1-4H3. The normalized spacial score (nSPS) is 22.3. The summed E-state index contributed by atoms with van der Waals surface area (Å²) >= 11 is 0. The topological polar surface area (TPSA) is 31.7 Å². The molecule has 5 heteroatoms. The molecule has 4 rings (SSSR count). The molecule has 1 aromatic heterocycles. The molecular formula is C24H36N4O. The van der Waals surface area contributed by atoms with E-state index >= 15 is 0 Å². The van der Waals surface area contributed by atoms with Gasteiger partial charge in [-0.3, -0.25) is 9.69 Å². The van der Waals surface area contributed by atoms with Crippen molar-refractivity contribution in [1.82, 2.24) is 19.3 Å². The first kappa shape index (κ1) is 20.4. The summed E-state index contributed by atoms with van der Waals surface area (Å²) in [4.78, 5) is 20.1. The molecule has 0 N–H and O–H groups in total. The molecule has 2 aromatic rings. The average molecular weight is 397 g/mol. The van der Waals surface area contributed by atoms with Crippen LogP contribution in [0.25, 0.3) is 10.9 Å². The Balaban J connectivity index is 1.48. The first-order valence-electron chi connectivity index (χ1n) is 11.2. The molecular weight excluding hydrogens is 360 g/mol. The van der Waals surface area contributed by atoms with Crippen molar-refractivity contribution in [2.75, 3.05) is 45.8 Å². The SMILES string of the molecule is CCN1CCCC(n2ccc3cc(C(=O)N4CCN(C(C)(C)C)CC4)ccc32)C1. The lowest BCUT2D eigenvalue weighted by Crippen LogP contribution is -2.54. The maximum Gasteiger partial charge on any atom is 0.253 e. The number of hydrogen-bond donors (Lipinski definition) is 0. The Morgan fingerprint density at radius 1 is 1.07 bits per heavy atom. The largest absolute Gasteiger partial charge is 0.343 e. The fourth-order valence-electron chi connectivity index (χ4n) is 4.92. The highest BCUT2D eigenvalue weighted by molar-refractivity contribution is 5.98. The third-order valence-electron chi connectivity index (χ3n) is 6.80. The van der Waals surface area contributed by atoms with Crippen molar-refractivity contribution in [2.24, 2.45) is 0 Å². The van der Waals surface area contributed by atoms with Gasteiger partial charge in [-0.1, -0.05) is 6.92 Å². The minimum absolute atomic E-state index is 0.169. The third kappa shape index (κ3) is 4.22. The van der Waals surface area contributed by atoms with E-state index in [2.05, 4.69) is 66.5 Å². The second-order valence-corrected chi connectivity index (χ2v) is 9.64. The van der Waals surface area contributed by atoms with E-state index in [9.17, 15) is 4.79 Å². The van der Waals surface area contributed by atoms with Gasteiger partial charge in [0.1, 0.15) is 0 Å². The maximum atomic E-state index is 13.1. The smallest absolute Gasteiger partial charge is 0.253 e. The number of benzene rings is 1. The van der Waals surface area contributed by atoms with Gasteiger partial charge < -0.3 is 14.4 Å². The van der Waals surface area contributed by atoms with Gasteiger partial charge in [0.15, 0.2) is 0 Å². The van der Waals surface area contributed by atoms with E-state index in [1.54, 1.807) is 0 Å². The fraction of sp³-hybridized carbons (Fsp3) is 0.625. The highest BCUT2D eigenvalue weighted by Gasteiger charge is 2.28. The number of piperidine rings is 1. The minimum Gasteiger partial charge on any atom is -0.343 e. The summed E-state index contributed by atoms with van der Waals surface area (Å²) in [5.74, 6) is 0.169. The second kappa shape index (κ2) is 8.11. The molecule has 2 aliphatic rings. The summed E-state index contributed by atoms with van der Waals surface area (Å²) in [5.41, 5.74) is 2.24. The van der Waals surface area contributed by atoms with Gasteiger partial charge in [-0.05, 0) is 71.0 Å². The third-order valence-corrected chi connectivity index (χ3v) is 6.80. The number of carbonyl (C=O) groups is 1. The number of hydrogen-bond acceptors (Lipinski definition) is 3. The Hall–Kier alpha value is -1.85. The number of rotatable bonds is 3. The van der Waals surface area contributed by atoms with E-state index in [1.807, 2.05) is 11.0 Å². The summed E-state index contributed by atoms with van der Waals surface area (Å²) in [6.07, 6.45) is 4.71. The Bertz CT molecular complexity index is 857. The van der Waals surface area contributed by atoms with Crippen LogP contribution in [-0.4, -0.2) is 76.5 Å². The molecule has 0 aliphatic carbocycles. The minimum atomic E-state index is 0.169. The van der Waals surface area contributed by atoms with Crippen molar-refractivity contribution in [3.05, 3.63) is 36.0 Å². The van der Waals surface area contributed by atoms with Crippen molar-refractivity contribution >= 4 is 16.8 Å². The Kier molecular flexibility index (Phi) is 5.71. The number of nitrogens with zero attached hydrogens (tertiary/aromatic N) is 4. The first-order valence-corrected chi connectivity index (χ1v) is 11.2. The summed E-state index contributed by atoms with van der Waals surface area (Å²) in [7, 11) is 0. The zero-order valence-corrected chi connectivity index (χ0v) is 18.5. The van der Waals surface area contributed by atoms with Gasteiger partial charge in [-0.25, -0.2) is 0 Å². The fourth-order valence-corrected chi connectivity index (χ4v) is 4.92. The van der Waals surface area contributed by atoms with E-state index in [1.165, 1.54) is 30.3 Å². The molecule has 1 atom stereocenters. The molecule has 2 fully saturated rings. The molecule has 29 heavy (non-hydrogen) atoms. The van der Waals surface area contributed by atoms with Crippen LogP contribution in [0.15, 0.2) is 30.5 Å². The quantitative estimate of drug-likeness (QED) is 0.790. The van der Waals surface area contributed by atoms with Gasteiger partial charge in [0.25, 0.3) is 5.91 Å². The van der Waals surface area contributed by atoms with Crippen LogP contribution in [0.4, 0.5) is 0 Å². The summed E-state index contributed by atoms with van der Waals surface area (Å²) in [6.45, 7) is 16.0. The molecule has 3 heterocycles. The summed E-state index contributed by atoms with van der Waals surface area (Å²) in [5, 5.41) is 1.18. The van der Waals surface area contributed by atoms with Gasteiger partial charge in [0.2, 0.25) is 0 Å². The molecule has 2 saturated heterocycles. The van der Waals surface area contributed by atoms with Gasteiger partial charge in [-0.15, -0.1) is 0 Å². The van der Waals surface area contributed by atoms with Crippen molar-refractivity contribution < 1.29 is 4.79 Å². The zero-order valence-electron chi connectivity index (χ0n) is 18.5. The number of fused-ring (bicyclic) bond motifs is 1. The Morgan fingerprint density at radius 3 is 2.52 bits per heavy atom. The molecule has 2 aliphatic heterocycles. The second-order valence-electron chi connectivity index (χ2n) is 9.64. The van der Waals surface area contributed by atoms with Crippen LogP contribution in [0.1, 0.15) is 56.9 Å². The van der Waals surface area contributed by atoms with Crippen LogP contribution in [0.2, 0.25) is 0 Å². The van der Waals surface area contributed by atoms with Crippen LogP contribution < -0.4 is 0 Å². The van der Waals surface area contributed by atoms with Crippen molar-refractivity contribution in [2.45, 2.75) is 52.1 Å². The zero-order chi connectivity index (χ0) is 20.6. The van der Waals surface area contributed by atoms with E-state index in [0.717, 1.165) is 44.8 Å². The highest BCUT2D eigenvalue weighted by atomic mass is 16.2. The molecule has 1 aromatic carbocycles. The molecule has 5 nitrogen and oxygen atoms in total. The molecule has 1 amide bonds. The molecule has 0 spiro atoms. The molecule has 158 valence electrons. The molecule has 0 radical (unpaired) electrons. The first-order chi connectivity index (χ1) is 13.9. The lowest BCUT2D eigenvalue weighted by atomic mass is 10.0. The van der Waals surface area contributed by atoms with E-state index in [4.69, 9.17) is 0 Å². The van der Waals surface area contributed by atoms with Gasteiger partial charge in [-0.2, -0.15) is 0 Å². The van der Waals surface area contributed by atoms with Gasteiger partial charge in [0, 0.05) is 67.0 Å². The van der Waals surface area contributed by atoms with E-state index in [0.29, 0.717) is 6.04 Å². The lowest BCUT2D eigenvalue weighted by Gasteiger charge is -2.42. The predicted molar refractivity (Wildman–Crippen MR) is 120 cm³/mol. The van der Waals surface area contributed by atoms with Crippen LogP contribution in [0, 0.1) is 0 Å².